The van der Waals surface area contributed by atoms with Crippen molar-refractivity contribution in [3.63, 3.8) is 0 Å². The van der Waals surface area contributed by atoms with Gasteiger partial charge in [0, 0.05) is 0 Å². The molecule has 1 heterocycles. The fraction of sp³-hybridized carbons (Fsp3) is 0.227. The third kappa shape index (κ3) is 4.18. The van der Waals surface area contributed by atoms with E-state index in [4.69, 9.17) is 15.2 Å². The molecule has 2 N–H and O–H groups in total. The summed E-state index contributed by atoms with van der Waals surface area (Å²) in [5.74, 6) is -0.838. The molecule has 3 rings (SSSR count). The van der Waals surface area contributed by atoms with Crippen LogP contribution < -0.4 is 5.73 Å². The molecule has 1 unspecified atom stereocenters. The molecule has 1 amide bonds. The molecule has 7 heteroatoms. The van der Waals surface area contributed by atoms with Gasteiger partial charge in [-0.3, -0.25) is 14.6 Å². The number of aldehydes is 1. The molecule has 6 nitrogen and oxygen atoms in total. The molecule has 0 saturated carbocycles. The smallest absolute Gasteiger partial charge is 0.233 e. The summed E-state index contributed by atoms with van der Waals surface area (Å²) in [6, 6.07) is 15.1. The Bertz CT molecular complexity index is 955. The highest BCUT2D eigenvalue weighted by Crippen LogP contribution is 2.39. The minimum absolute atomic E-state index is 0.0477. The third-order valence-electron chi connectivity index (χ3n) is 4.83. The first-order chi connectivity index (χ1) is 14.0. The van der Waals surface area contributed by atoms with Crippen molar-refractivity contribution >= 4 is 17.9 Å². The van der Waals surface area contributed by atoms with Gasteiger partial charge in [-0.2, -0.15) is 0 Å². The van der Waals surface area contributed by atoms with Gasteiger partial charge in [-0.15, -0.1) is 0 Å². The van der Waals surface area contributed by atoms with Gasteiger partial charge < -0.3 is 15.2 Å². The van der Waals surface area contributed by atoms with Crippen molar-refractivity contribution in [1.29, 1.82) is 0 Å². The van der Waals surface area contributed by atoms with Crippen LogP contribution in [0.25, 0.3) is 0 Å². The quantitative estimate of drug-likeness (QED) is 0.695. The van der Waals surface area contributed by atoms with E-state index in [0.29, 0.717) is 11.8 Å². The Labute approximate surface area is 167 Å². The minimum Gasteiger partial charge on any atom is -0.491 e. The summed E-state index contributed by atoms with van der Waals surface area (Å²) in [7, 11) is 1.37. The van der Waals surface area contributed by atoms with Gasteiger partial charge in [0.1, 0.15) is 23.6 Å². The average Bonchev–Trinajstić information content (AvgIpc) is 2.74. The summed E-state index contributed by atoms with van der Waals surface area (Å²) < 4.78 is 24.7. The van der Waals surface area contributed by atoms with E-state index in [2.05, 4.69) is 4.99 Å². The SMILES string of the molecule is COC1=C(OCc2ccccc2)C(Cc2ccc(F)cc2)(C(N)=O)CN=C1C=O. The number of nitrogens with zero attached hydrogens (tertiary/aromatic N) is 1. The van der Waals surface area contributed by atoms with Crippen LogP contribution in [0.1, 0.15) is 11.1 Å². The number of dihydropyridines is 1. The number of benzene rings is 2. The molecule has 0 aliphatic carbocycles. The van der Waals surface area contributed by atoms with Gasteiger partial charge in [0.2, 0.25) is 5.91 Å². The van der Waals surface area contributed by atoms with E-state index < -0.39 is 11.3 Å². The van der Waals surface area contributed by atoms with E-state index in [1.54, 1.807) is 12.1 Å². The number of methoxy groups -OCH3 is 1. The lowest BCUT2D eigenvalue weighted by Crippen LogP contribution is -2.47. The average molecular weight is 396 g/mol. The first-order valence-corrected chi connectivity index (χ1v) is 9.00. The number of amides is 1. The number of rotatable bonds is 8. The molecule has 2 aromatic rings. The fourth-order valence-electron chi connectivity index (χ4n) is 3.28. The number of aliphatic imine (C=N–C) groups is 1. The van der Waals surface area contributed by atoms with Crippen LogP contribution in [0.4, 0.5) is 4.39 Å². The molecule has 0 aromatic heterocycles. The maximum absolute atomic E-state index is 13.3. The zero-order valence-corrected chi connectivity index (χ0v) is 15.9. The largest absolute Gasteiger partial charge is 0.491 e. The Morgan fingerprint density at radius 1 is 1.17 bits per heavy atom. The second-order valence-electron chi connectivity index (χ2n) is 6.71. The first-order valence-electron chi connectivity index (χ1n) is 9.00. The van der Waals surface area contributed by atoms with Crippen molar-refractivity contribution in [1.82, 2.24) is 0 Å². The number of nitrogens with two attached hydrogens (primary N) is 1. The summed E-state index contributed by atoms with van der Waals surface area (Å²) in [5.41, 5.74) is 6.02. The lowest BCUT2D eigenvalue weighted by Gasteiger charge is -2.35. The highest BCUT2D eigenvalue weighted by Gasteiger charge is 2.48. The van der Waals surface area contributed by atoms with Gasteiger partial charge in [-0.05, 0) is 29.7 Å². The monoisotopic (exact) mass is 396 g/mol. The van der Waals surface area contributed by atoms with E-state index >= 15 is 0 Å². The van der Waals surface area contributed by atoms with E-state index in [1.807, 2.05) is 30.3 Å². The van der Waals surface area contributed by atoms with Crippen LogP contribution in [-0.4, -0.2) is 31.6 Å². The van der Waals surface area contributed by atoms with Gasteiger partial charge in [-0.25, -0.2) is 4.39 Å². The molecule has 150 valence electrons. The van der Waals surface area contributed by atoms with Crippen molar-refractivity contribution in [3.05, 3.63) is 83.1 Å². The lowest BCUT2D eigenvalue weighted by atomic mass is 9.76. The topological polar surface area (TPSA) is 91.0 Å². The summed E-state index contributed by atoms with van der Waals surface area (Å²) in [4.78, 5) is 28.3. The summed E-state index contributed by atoms with van der Waals surface area (Å²) in [6.07, 6.45) is 0.669. The van der Waals surface area contributed by atoms with Crippen LogP contribution in [0.3, 0.4) is 0 Å². The predicted octanol–water partition coefficient (Wildman–Crippen LogP) is 2.57. The fourth-order valence-corrected chi connectivity index (χ4v) is 3.28. The van der Waals surface area contributed by atoms with Gasteiger partial charge >= 0.3 is 0 Å². The van der Waals surface area contributed by atoms with Crippen LogP contribution in [-0.2, 0) is 32.1 Å². The van der Waals surface area contributed by atoms with Gasteiger partial charge in [-0.1, -0.05) is 42.5 Å². The normalized spacial score (nSPS) is 18.8. The Kier molecular flexibility index (Phi) is 6.07. The van der Waals surface area contributed by atoms with Gasteiger partial charge in [0.05, 0.1) is 13.7 Å². The van der Waals surface area contributed by atoms with Crippen molar-refractivity contribution in [2.75, 3.05) is 13.7 Å². The Morgan fingerprint density at radius 3 is 2.45 bits per heavy atom. The van der Waals surface area contributed by atoms with Crippen LogP contribution in [0.2, 0.25) is 0 Å². The molecule has 0 radical (unpaired) electrons. The molecule has 1 aliphatic heterocycles. The summed E-state index contributed by atoms with van der Waals surface area (Å²) >= 11 is 0. The maximum Gasteiger partial charge on any atom is 0.233 e. The second-order valence-corrected chi connectivity index (χ2v) is 6.71. The zero-order valence-electron chi connectivity index (χ0n) is 15.9. The predicted molar refractivity (Wildman–Crippen MR) is 105 cm³/mol. The number of hydrogen-bond acceptors (Lipinski definition) is 5. The van der Waals surface area contributed by atoms with Crippen LogP contribution in [0.5, 0.6) is 0 Å². The Balaban J connectivity index is 2.04. The van der Waals surface area contributed by atoms with E-state index in [-0.39, 0.29) is 42.6 Å². The van der Waals surface area contributed by atoms with Crippen molar-refractivity contribution in [2.45, 2.75) is 13.0 Å². The van der Waals surface area contributed by atoms with E-state index in [0.717, 1.165) is 5.56 Å². The number of allylic oxidation sites excluding steroid dienone is 1. The van der Waals surface area contributed by atoms with Crippen molar-refractivity contribution in [3.8, 4) is 0 Å². The molecule has 1 atom stereocenters. The molecule has 0 saturated heterocycles. The Hall–Kier alpha value is -3.48. The molecule has 0 bridgehead atoms. The number of hydrogen-bond donors (Lipinski definition) is 1. The second kappa shape index (κ2) is 8.68. The maximum atomic E-state index is 13.3. The zero-order chi connectivity index (χ0) is 20.9. The third-order valence-corrected chi connectivity index (χ3v) is 4.83. The highest BCUT2D eigenvalue weighted by molar-refractivity contribution is 6.36. The number of carbonyl (C=O) groups excluding carboxylic acids is 2. The number of halogens is 1. The van der Waals surface area contributed by atoms with Gasteiger partial charge in [0.15, 0.2) is 17.8 Å². The number of primary amides is 1. The summed E-state index contributed by atoms with van der Waals surface area (Å²) in [6.45, 7) is 0.0678. The van der Waals surface area contributed by atoms with Crippen LogP contribution in [0.15, 0.2) is 71.1 Å². The molecule has 0 spiro atoms. The minimum atomic E-state index is -1.37. The molecular weight excluding hydrogens is 375 g/mol. The van der Waals surface area contributed by atoms with Crippen LogP contribution in [0, 0.1) is 11.2 Å². The standard InChI is InChI=1S/C22H21FN2O4/c1-28-19-18(12-26)25-14-22(21(24)27,11-15-7-9-17(23)10-8-15)20(19)29-13-16-5-3-2-4-6-16/h2-10,12H,11,13-14H2,1H3,(H2,24,27). The van der Waals surface area contributed by atoms with Gasteiger partial charge in [0.25, 0.3) is 0 Å². The van der Waals surface area contributed by atoms with E-state index in [1.165, 1.54) is 19.2 Å². The first kappa shape index (κ1) is 20.3. The van der Waals surface area contributed by atoms with Crippen molar-refractivity contribution < 1.29 is 23.5 Å². The number of carbonyl (C=O) groups is 2. The number of ether oxygens (including phenoxy) is 2. The highest BCUT2D eigenvalue weighted by atomic mass is 19.1. The lowest BCUT2D eigenvalue weighted by molar-refractivity contribution is -0.128. The van der Waals surface area contributed by atoms with E-state index in [9.17, 15) is 14.0 Å². The van der Waals surface area contributed by atoms with Crippen molar-refractivity contribution in [2.24, 2.45) is 16.1 Å². The summed E-state index contributed by atoms with van der Waals surface area (Å²) in [5, 5.41) is 0. The molecule has 29 heavy (non-hydrogen) atoms. The molecule has 0 fully saturated rings. The Morgan fingerprint density at radius 2 is 1.86 bits per heavy atom. The molecule has 2 aromatic carbocycles. The molecular formula is C22H21FN2O4. The molecule has 1 aliphatic rings. The van der Waals surface area contributed by atoms with Crippen LogP contribution >= 0.6 is 0 Å².